The Kier molecular flexibility index (Phi) is 5.60. The molecule has 0 fully saturated rings. The molecule has 1 aromatic carbocycles. The number of nitro benzene ring substituents is 1. The number of nitrogens with two attached hydrogens (primary N) is 1. The second-order valence-corrected chi connectivity index (χ2v) is 3.87. The van der Waals surface area contributed by atoms with Crippen molar-refractivity contribution in [1.29, 1.82) is 0 Å². The van der Waals surface area contributed by atoms with E-state index >= 15 is 0 Å². The fourth-order valence-electron chi connectivity index (χ4n) is 1.37. The van der Waals surface area contributed by atoms with Crippen molar-refractivity contribution in [3.8, 4) is 0 Å². The minimum Gasteiger partial charge on any atom is -0.464 e. The molecule has 1 unspecified atom stereocenters. The van der Waals surface area contributed by atoms with Crippen molar-refractivity contribution < 1.29 is 19.2 Å². The molecular weight excluding hydrogens is 266 g/mol. The van der Waals surface area contributed by atoms with E-state index in [1.165, 1.54) is 24.3 Å². The van der Waals surface area contributed by atoms with Gasteiger partial charge in [-0.3, -0.25) is 14.9 Å². The normalized spacial score (nSPS) is 11.5. The van der Waals surface area contributed by atoms with Crippen molar-refractivity contribution >= 4 is 17.6 Å². The van der Waals surface area contributed by atoms with Gasteiger partial charge >= 0.3 is 5.97 Å². The van der Waals surface area contributed by atoms with Crippen molar-refractivity contribution in [2.24, 2.45) is 5.73 Å². The summed E-state index contributed by atoms with van der Waals surface area (Å²) in [6.45, 7) is 1.87. The average Bonchev–Trinajstić information content (AvgIpc) is 2.44. The Balaban J connectivity index is 2.52. The molecule has 0 saturated heterocycles. The zero-order valence-corrected chi connectivity index (χ0v) is 10.9. The van der Waals surface area contributed by atoms with Gasteiger partial charge in [-0.2, -0.15) is 0 Å². The van der Waals surface area contributed by atoms with Crippen molar-refractivity contribution in [2.75, 3.05) is 6.61 Å². The number of non-ortho nitro benzene ring substituents is 1. The van der Waals surface area contributed by atoms with E-state index in [-0.39, 0.29) is 18.8 Å². The molecule has 3 N–H and O–H groups in total. The first-order valence-corrected chi connectivity index (χ1v) is 5.89. The average molecular weight is 281 g/mol. The first-order valence-electron chi connectivity index (χ1n) is 5.89. The highest BCUT2D eigenvalue weighted by atomic mass is 16.6. The number of benzene rings is 1. The third kappa shape index (κ3) is 4.32. The maximum Gasteiger partial charge on any atom is 0.332 e. The van der Waals surface area contributed by atoms with Gasteiger partial charge in [-0.15, -0.1) is 0 Å². The van der Waals surface area contributed by atoms with Gasteiger partial charge in [0.05, 0.1) is 11.5 Å². The molecule has 0 aliphatic rings. The van der Waals surface area contributed by atoms with Crippen LogP contribution in [0.5, 0.6) is 0 Å². The van der Waals surface area contributed by atoms with E-state index in [0.717, 1.165) is 0 Å². The van der Waals surface area contributed by atoms with Crippen LogP contribution >= 0.6 is 0 Å². The molecule has 20 heavy (non-hydrogen) atoms. The van der Waals surface area contributed by atoms with Crippen molar-refractivity contribution in [2.45, 2.75) is 19.5 Å². The number of amides is 1. The van der Waals surface area contributed by atoms with E-state index in [2.05, 4.69) is 10.1 Å². The van der Waals surface area contributed by atoms with Gasteiger partial charge in [0.25, 0.3) is 5.69 Å². The highest BCUT2D eigenvalue weighted by Gasteiger charge is 2.22. The maximum absolute atomic E-state index is 11.6. The second kappa shape index (κ2) is 7.19. The summed E-state index contributed by atoms with van der Waals surface area (Å²) in [5, 5.41) is 12.9. The van der Waals surface area contributed by atoms with Gasteiger partial charge < -0.3 is 15.8 Å². The first-order chi connectivity index (χ1) is 9.45. The fourth-order valence-corrected chi connectivity index (χ4v) is 1.37. The molecule has 0 aromatic heterocycles. The summed E-state index contributed by atoms with van der Waals surface area (Å²) in [6.07, 6.45) is 0. The summed E-state index contributed by atoms with van der Waals surface area (Å²) in [7, 11) is 0. The quantitative estimate of drug-likeness (QED) is 0.330. The molecular formula is C12H15N3O5. The molecule has 8 heteroatoms. The lowest BCUT2D eigenvalue weighted by molar-refractivity contribution is -0.384. The van der Waals surface area contributed by atoms with E-state index in [1.807, 2.05) is 0 Å². The Morgan fingerprint density at radius 1 is 1.40 bits per heavy atom. The number of rotatable bonds is 6. The van der Waals surface area contributed by atoms with E-state index in [4.69, 9.17) is 5.73 Å². The zero-order chi connectivity index (χ0) is 15.1. The summed E-state index contributed by atoms with van der Waals surface area (Å²) < 4.78 is 4.62. The molecule has 1 rings (SSSR count). The van der Waals surface area contributed by atoms with Crippen molar-refractivity contribution in [3.05, 3.63) is 39.9 Å². The summed E-state index contributed by atoms with van der Waals surface area (Å²) >= 11 is 0. The Morgan fingerprint density at radius 2 is 2.00 bits per heavy atom. The van der Waals surface area contributed by atoms with Crippen LogP contribution in [-0.4, -0.2) is 29.4 Å². The van der Waals surface area contributed by atoms with Crippen LogP contribution in [-0.2, 0) is 20.9 Å². The molecule has 0 bridgehead atoms. The number of nitrogens with zero attached hydrogens (tertiary/aromatic N) is 1. The monoisotopic (exact) mass is 281 g/mol. The molecule has 0 heterocycles. The molecule has 108 valence electrons. The number of hydrogen-bond donors (Lipinski definition) is 2. The first kappa shape index (κ1) is 15.6. The van der Waals surface area contributed by atoms with Gasteiger partial charge in [-0.05, 0) is 12.5 Å². The molecule has 1 aromatic rings. The number of nitro groups is 1. The van der Waals surface area contributed by atoms with Crippen LogP contribution in [0.25, 0.3) is 0 Å². The predicted octanol–water partition coefficient (Wildman–Crippen LogP) is 0.101. The number of ether oxygens (including phenoxy) is 1. The SMILES string of the molecule is CCOC(=O)C(N)C(=O)NCc1ccc([N+](=O)[O-])cc1. The lowest BCUT2D eigenvalue weighted by Gasteiger charge is -2.11. The van der Waals surface area contributed by atoms with Crippen LogP contribution < -0.4 is 11.1 Å². The molecule has 0 aliphatic heterocycles. The van der Waals surface area contributed by atoms with Crippen molar-refractivity contribution in [1.82, 2.24) is 5.32 Å². The zero-order valence-electron chi connectivity index (χ0n) is 10.9. The topological polar surface area (TPSA) is 125 Å². The minimum atomic E-state index is -1.38. The Morgan fingerprint density at radius 3 is 2.50 bits per heavy atom. The van der Waals surface area contributed by atoms with E-state index in [1.54, 1.807) is 6.92 Å². The lowest BCUT2D eigenvalue weighted by atomic mass is 10.2. The van der Waals surface area contributed by atoms with Crippen LogP contribution in [0, 0.1) is 10.1 Å². The largest absolute Gasteiger partial charge is 0.464 e. The molecule has 1 amide bonds. The molecule has 0 radical (unpaired) electrons. The molecule has 0 spiro atoms. The number of carbonyl (C=O) groups excluding carboxylic acids is 2. The number of carbonyl (C=O) groups is 2. The summed E-state index contributed by atoms with van der Waals surface area (Å²) in [5.74, 6) is -1.46. The van der Waals surface area contributed by atoms with Crippen LogP contribution in [0.4, 0.5) is 5.69 Å². The number of nitrogens with one attached hydrogen (secondary N) is 1. The Bertz CT molecular complexity index is 500. The van der Waals surface area contributed by atoms with Gasteiger partial charge in [0.1, 0.15) is 0 Å². The maximum atomic E-state index is 11.6. The third-order valence-corrected chi connectivity index (χ3v) is 2.44. The van der Waals surface area contributed by atoms with E-state index in [9.17, 15) is 19.7 Å². The third-order valence-electron chi connectivity index (χ3n) is 2.44. The minimum absolute atomic E-state index is 0.0386. The standard InChI is InChI=1S/C12H15N3O5/c1-2-20-12(17)10(13)11(16)14-7-8-3-5-9(6-4-8)15(18)19/h3-6,10H,2,7,13H2,1H3,(H,14,16). The summed E-state index contributed by atoms with van der Waals surface area (Å²) in [6, 6.07) is 4.29. The van der Waals surface area contributed by atoms with Crippen LogP contribution in [0.3, 0.4) is 0 Å². The van der Waals surface area contributed by atoms with E-state index in [0.29, 0.717) is 5.56 Å². The van der Waals surface area contributed by atoms with Gasteiger partial charge in [-0.1, -0.05) is 12.1 Å². The van der Waals surface area contributed by atoms with Gasteiger partial charge in [-0.25, -0.2) is 4.79 Å². The number of hydrogen-bond acceptors (Lipinski definition) is 6. The Labute approximate surface area is 115 Å². The molecule has 0 saturated carbocycles. The molecule has 8 nitrogen and oxygen atoms in total. The second-order valence-electron chi connectivity index (χ2n) is 3.87. The molecule has 1 atom stereocenters. The smallest absolute Gasteiger partial charge is 0.332 e. The Hall–Kier alpha value is -2.48. The van der Waals surface area contributed by atoms with Crippen LogP contribution in [0.1, 0.15) is 12.5 Å². The van der Waals surface area contributed by atoms with Crippen molar-refractivity contribution in [3.63, 3.8) is 0 Å². The van der Waals surface area contributed by atoms with Crippen LogP contribution in [0.2, 0.25) is 0 Å². The highest BCUT2D eigenvalue weighted by Crippen LogP contribution is 2.11. The van der Waals surface area contributed by atoms with E-state index < -0.39 is 22.8 Å². The lowest BCUT2D eigenvalue weighted by Crippen LogP contribution is -2.46. The van der Waals surface area contributed by atoms with Gasteiger partial charge in [0, 0.05) is 18.7 Å². The van der Waals surface area contributed by atoms with Crippen LogP contribution in [0.15, 0.2) is 24.3 Å². The number of esters is 1. The van der Waals surface area contributed by atoms with Gasteiger partial charge in [0.15, 0.2) is 6.04 Å². The fraction of sp³-hybridized carbons (Fsp3) is 0.333. The predicted molar refractivity (Wildman–Crippen MR) is 69.6 cm³/mol. The molecule has 0 aliphatic carbocycles. The van der Waals surface area contributed by atoms with Gasteiger partial charge in [0.2, 0.25) is 5.91 Å². The summed E-state index contributed by atoms with van der Waals surface area (Å²) in [5.41, 5.74) is 6.01. The highest BCUT2D eigenvalue weighted by molar-refractivity contribution is 6.01. The summed E-state index contributed by atoms with van der Waals surface area (Å²) in [4.78, 5) is 32.8.